The van der Waals surface area contributed by atoms with E-state index in [1.165, 1.54) is 24.5 Å². The molecule has 7 heteroatoms. The maximum Gasteiger partial charge on any atom is 0.256 e. The number of hydrogen-bond donors (Lipinski definition) is 2. The van der Waals surface area contributed by atoms with Crippen molar-refractivity contribution in [2.24, 2.45) is 0 Å². The number of allylic oxidation sites excluding steroid dienone is 1. The molecule has 0 amide bonds. The van der Waals surface area contributed by atoms with Crippen LogP contribution in [-0.4, -0.2) is 15.0 Å². The molecular formula is C21H18ClFN4O. The number of rotatable bonds is 4. The van der Waals surface area contributed by atoms with Gasteiger partial charge in [0.2, 0.25) is 0 Å². The van der Waals surface area contributed by atoms with Gasteiger partial charge in [0.05, 0.1) is 16.9 Å². The molecule has 2 aromatic heterocycles. The summed E-state index contributed by atoms with van der Waals surface area (Å²) in [6, 6.07) is 5.80. The summed E-state index contributed by atoms with van der Waals surface area (Å²) in [7, 11) is 0. The summed E-state index contributed by atoms with van der Waals surface area (Å²) >= 11 is 6.02. The molecule has 3 aromatic rings. The molecule has 1 aliphatic carbocycles. The lowest BCUT2D eigenvalue weighted by atomic mass is 10.0. The van der Waals surface area contributed by atoms with Crippen LogP contribution in [0.1, 0.15) is 36.7 Å². The largest absolute Gasteiger partial charge is 0.338 e. The van der Waals surface area contributed by atoms with Crippen molar-refractivity contribution in [1.82, 2.24) is 15.0 Å². The Kier molecular flexibility index (Phi) is 4.73. The number of anilines is 2. The number of pyridine rings is 1. The molecule has 0 spiro atoms. The second-order valence-electron chi connectivity index (χ2n) is 6.93. The van der Waals surface area contributed by atoms with Crippen LogP contribution in [0.5, 0.6) is 0 Å². The predicted molar refractivity (Wildman–Crippen MR) is 110 cm³/mol. The molecule has 4 rings (SSSR count). The topological polar surface area (TPSA) is 70.7 Å². The first-order valence-corrected chi connectivity index (χ1v) is 9.32. The Morgan fingerprint density at radius 3 is 2.82 bits per heavy atom. The molecule has 2 N–H and O–H groups in total. The molecule has 2 heterocycles. The van der Waals surface area contributed by atoms with Crippen LogP contribution >= 0.6 is 11.6 Å². The first kappa shape index (κ1) is 18.4. The number of aromatic nitrogens is 3. The van der Waals surface area contributed by atoms with E-state index in [-0.39, 0.29) is 22.6 Å². The normalized spacial score (nSPS) is 12.5. The van der Waals surface area contributed by atoms with E-state index in [2.05, 4.69) is 20.3 Å². The highest BCUT2D eigenvalue weighted by Crippen LogP contribution is 2.32. The standard InChI is InChI=1S/C21H18ClFN4O/c1-11(2)19-18(26-20-13-4-3-5-17(13)24-10-25-20)9-15(21(28)27-19)14-8-12(22)6-7-16(14)23/h3-4,6-11H,5H2,1-2H3,(H,27,28)(H,24,25,26). The van der Waals surface area contributed by atoms with Gasteiger partial charge in [-0.2, -0.15) is 0 Å². The number of aromatic amines is 1. The highest BCUT2D eigenvalue weighted by atomic mass is 35.5. The SMILES string of the molecule is CC(C)c1[nH]c(=O)c(-c2cc(Cl)ccc2F)cc1Nc1ncnc2c1C=CC2. The van der Waals surface area contributed by atoms with E-state index in [0.29, 0.717) is 22.2 Å². The number of nitrogens with zero attached hydrogens (tertiary/aromatic N) is 2. The first-order chi connectivity index (χ1) is 13.4. The molecule has 0 radical (unpaired) electrons. The number of hydrogen-bond acceptors (Lipinski definition) is 4. The number of halogens is 2. The maximum absolute atomic E-state index is 14.4. The van der Waals surface area contributed by atoms with Gasteiger partial charge in [-0.1, -0.05) is 37.6 Å². The summed E-state index contributed by atoms with van der Waals surface area (Å²) in [6.07, 6.45) is 6.25. The van der Waals surface area contributed by atoms with Crippen molar-refractivity contribution in [2.45, 2.75) is 26.2 Å². The number of benzene rings is 1. The number of fused-ring (bicyclic) bond motifs is 1. The molecule has 28 heavy (non-hydrogen) atoms. The predicted octanol–water partition coefficient (Wildman–Crippen LogP) is 5.06. The van der Waals surface area contributed by atoms with Crippen LogP contribution in [0.4, 0.5) is 15.9 Å². The lowest BCUT2D eigenvalue weighted by Crippen LogP contribution is -2.16. The highest BCUT2D eigenvalue weighted by molar-refractivity contribution is 6.30. The zero-order chi connectivity index (χ0) is 19.8. The monoisotopic (exact) mass is 396 g/mol. The van der Waals surface area contributed by atoms with Crippen LogP contribution in [0.3, 0.4) is 0 Å². The van der Waals surface area contributed by atoms with Gasteiger partial charge in [-0.25, -0.2) is 14.4 Å². The third-order valence-electron chi connectivity index (χ3n) is 4.68. The van der Waals surface area contributed by atoms with Gasteiger partial charge >= 0.3 is 0 Å². The smallest absolute Gasteiger partial charge is 0.256 e. The van der Waals surface area contributed by atoms with Gasteiger partial charge < -0.3 is 10.3 Å². The Balaban J connectivity index is 1.87. The minimum Gasteiger partial charge on any atom is -0.338 e. The summed E-state index contributed by atoms with van der Waals surface area (Å²) in [4.78, 5) is 24.2. The van der Waals surface area contributed by atoms with E-state index in [4.69, 9.17) is 11.6 Å². The fourth-order valence-electron chi connectivity index (χ4n) is 3.29. The molecule has 0 aliphatic heterocycles. The quantitative estimate of drug-likeness (QED) is 0.646. The van der Waals surface area contributed by atoms with E-state index >= 15 is 0 Å². The summed E-state index contributed by atoms with van der Waals surface area (Å²) in [6.45, 7) is 3.95. The summed E-state index contributed by atoms with van der Waals surface area (Å²) in [5, 5.41) is 3.66. The highest BCUT2D eigenvalue weighted by Gasteiger charge is 2.18. The van der Waals surface area contributed by atoms with Crippen LogP contribution in [0.15, 0.2) is 41.5 Å². The lowest BCUT2D eigenvalue weighted by molar-refractivity contribution is 0.631. The van der Waals surface area contributed by atoms with Gasteiger partial charge in [-0.15, -0.1) is 0 Å². The van der Waals surface area contributed by atoms with Crippen molar-refractivity contribution in [1.29, 1.82) is 0 Å². The number of H-pyrrole nitrogens is 1. The first-order valence-electron chi connectivity index (χ1n) is 8.94. The Bertz CT molecular complexity index is 1150. The summed E-state index contributed by atoms with van der Waals surface area (Å²) < 4.78 is 14.4. The molecule has 1 aliphatic rings. The van der Waals surface area contributed by atoms with Crippen molar-refractivity contribution < 1.29 is 4.39 Å². The molecule has 142 valence electrons. The Morgan fingerprint density at radius 1 is 1.21 bits per heavy atom. The van der Waals surface area contributed by atoms with E-state index in [0.717, 1.165) is 17.7 Å². The average molecular weight is 397 g/mol. The summed E-state index contributed by atoms with van der Waals surface area (Å²) in [5.74, 6) is 0.174. The molecule has 0 bridgehead atoms. The number of nitrogens with one attached hydrogen (secondary N) is 2. The Morgan fingerprint density at radius 2 is 2.04 bits per heavy atom. The zero-order valence-corrected chi connectivity index (χ0v) is 16.1. The van der Waals surface area contributed by atoms with Gasteiger partial charge in [0.25, 0.3) is 5.56 Å². The molecule has 0 saturated carbocycles. The van der Waals surface area contributed by atoms with Crippen LogP contribution < -0.4 is 10.9 Å². The third kappa shape index (κ3) is 3.31. The lowest BCUT2D eigenvalue weighted by Gasteiger charge is -2.17. The zero-order valence-electron chi connectivity index (χ0n) is 15.4. The minimum absolute atomic E-state index is 0.0406. The van der Waals surface area contributed by atoms with Crippen molar-refractivity contribution in [3.8, 4) is 11.1 Å². The van der Waals surface area contributed by atoms with E-state index < -0.39 is 5.82 Å². The molecule has 0 saturated heterocycles. The van der Waals surface area contributed by atoms with Crippen LogP contribution in [0, 0.1) is 5.82 Å². The third-order valence-corrected chi connectivity index (χ3v) is 4.92. The molecule has 0 unspecified atom stereocenters. The molecule has 0 atom stereocenters. The van der Waals surface area contributed by atoms with Crippen molar-refractivity contribution in [3.05, 3.63) is 74.8 Å². The minimum atomic E-state index is -0.510. The van der Waals surface area contributed by atoms with Crippen LogP contribution in [-0.2, 0) is 6.42 Å². The van der Waals surface area contributed by atoms with E-state index in [1.54, 1.807) is 6.07 Å². The molecular weight excluding hydrogens is 379 g/mol. The Hall–Kier alpha value is -2.99. The van der Waals surface area contributed by atoms with Gasteiger partial charge in [0, 0.05) is 28.3 Å². The van der Waals surface area contributed by atoms with Crippen molar-refractivity contribution in [2.75, 3.05) is 5.32 Å². The van der Waals surface area contributed by atoms with Gasteiger partial charge in [0.15, 0.2) is 0 Å². The van der Waals surface area contributed by atoms with Crippen LogP contribution in [0.25, 0.3) is 17.2 Å². The fraction of sp³-hybridized carbons (Fsp3) is 0.190. The Labute approximate surface area is 166 Å². The molecule has 0 fully saturated rings. The van der Waals surface area contributed by atoms with Gasteiger partial charge in [-0.05, 0) is 30.2 Å². The maximum atomic E-state index is 14.4. The van der Waals surface area contributed by atoms with E-state index in [9.17, 15) is 9.18 Å². The average Bonchev–Trinajstić information content (AvgIpc) is 3.14. The summed E-state index contributed by atoms with van der Waals surface area (Å²) in [5.41, 5.74) is 3.21. The molecule has 1 aromatic carbocycles. The van der Waals surface area contributed by atoms with Crippen LogP contribution in [0.2, 0.25) is 5.02 Å². The van der Waals surface area contributed by atoms with Crippen molar-refractivity contribution in [3.63, 3.8) is 0 Å². The van der Waals surface area contributed by atoms with Crippen molar-refractivity contribution >= 4 is 29.2 Å². The molecule has 5 nitrogen and oxygen atoms in total. The second kappa shape index (κ2) is 7.20. The second-order valence-corrected chi connectivity index (χ2v) is 7.37. The van der Waals surface area contributed by atoms with E-state index in [1.807, 2.05) is 26.0 Å². The van der Waals surface area contributed by atoms with Gasteiger partial charge in [-0.3, -0.25) is 4.79 Å². The van der Waals surface area contributed by atoms with Gasteiger partial charge in [0.1, 0.15) is 18.0 Å². The fourth-order valence-corrected chi connectivity index (χ4v) is 3.46.